The molecule has 0 saturated heterocycles. The summed E-state index contributed by atoms with van der Waals surface area (Å²) in [6.07, 6.45) is 6.22. The molecule has 0 aliphatic heterocycles. The first kappa shape index (κ1) is 16.5. The standard InChI is InChI=1S/C17H25BrN2O/c1-12-6-7-13(15(18)10-12)8-9-17(21)20-16(11-19)14-4-2-3-5-14/h6-7,10,14,16H,2-5,8-9,11,19H2,1H3,(H,20,21). The van der Waals surface area contributed by atoms with E-state index in [-0.39, 0.29) is 11.9 Å². The van der Waals surface area contributed by atoms with Crippen LogP contribution in [0.1, 0.15) is 43.2 Å². The van der Waals surface area contributed by atoms with E-state index in [4.69, 9.17) is 5.73 Å². The number of hydrogen-bond acceptors (Lipinski definition) is 2. The molecule has 1 aliphatic rings. The van der Waals surface area contributed by atoms with Crippen molar-refractivity contribution in [1.29, 1.82) is 0 Å². The molecule has 1 saturated carbocycles. The summed E-state index contributed by atoms with van der Waals surface area (Å²) in [7, 11) is 0. The molecule has 2 rings (SSSR count). The predicted octanol–water partition coefficient (Wildman–Crippen LogP) is 3.32. The fraction of sp³-hybridized carbons (Fsp3) is 0.588. The van der Waals surface area contributed by atoms with E-state index >= 15 is 0 Å². The Hall–Kier alpha value is -0.870. The number of carbonyl (C=O) groups excluding carboxylic acids is 1. The molecule has 1 unspecified atom stereocenters. The summed E-state index contributed by atoms with van der Waals surface area (Å²) in [4.78, 5) is 12.1. The third-order valence-electron chi connectivity index (χ3n) is 4.40. The molecule has 116 valence electrons. The van der Waals surface area contributed by atoms with Gasteiger partial charge >= 0.3 is 0 Å². The molecule has 0 aromatic heterocycles. The first-order chi connectivity index (χ1) is 10.1. The van der Waals surface area contributed by atoms with Crippen LogP contribution in [-0.4, -0.2) is 18.5 Å². The lowest BCUT2D eigenvalue weighted by Crippen LogP contribution is -2.44. The van der Waals surface area contributed by atoms with Crippen LogP contribution in [0, 0.1) is 12.8 Å². The van der Waals surface area contributed by atoms with Gasteiger partial charge in [0, 0.05) is 23.5 Å². The number of benzene rings is 1. The Morgan fingerprint density at radius 2 is 2.14 bits per heavy atom. The van der Waals surface area contributed by atoms with Crippen molar-refractivity contribution < 1.29 is 4.79 Å². The van der Waals surface area contributed by atoms with E-state index in [0.29, 0.717) is 18.9 Å². The number of nitrogens with two attached hydrogens (primary N) is 1. The number of carbonyl (C=O) groups is 1. The van der Waals surface area contributed by atoms with Crippen LogP contribution >= 0.6 is 15.9 Å². The van der Waals surface area contributed by atoms with Gasteiger partial charge in [-0.2, -0.15) is 0 Å². The molecule has 1 atom stereocenters. The molecule has 21 heavy (non-hydrogen) atoms. The van der Waals surface area contributed by atoms with E-state index in [9.17, 15) is 4.79 Å². The van der Waals surface area contributed by atoms with Gasteiger partial charge in [-0.05, 0) is 49.3 Å². The van der Waals surface area contributed by atoms with Gasteiger partial charge in [0.05, 0.1) is 0 Å². The molecule has 1 fully saturated rings. The molecule has 3 N–H and O–H groups in total. The van der Waals surface area contributed by atoms with E-state index in [1.807, 2.05) is 0 Å². The highest BCUT2D eigenvalue weighted by Crippen LogP contribution is 2.27. The second-order valence-electron chi connectivity index (χ2n) is 6.05. The number of hydrogen-bond donors (Lipinski definition) is 2. The maximum absolute atomic E-state index is 12.1. The van der Waals surface area contributed by atoms with Crippen LogP contribution in [0.25, 0.3) is 0 Å². The van der Waals surface area contributed by atoms with Gasteiger partial charge < -0.3 is 11.1 Å². The zero-order valence-corrected chi connectivity index (χ0v) is 14.3. The minimum absolute atomic E-state index is 0.116. The Morgan fingerprint density at radius 1 is 1.43 bits per heavy atom. The van der Waals surface area contributed by atoms with Crippen LogP contribution in [0.5, 0.6) is 0 Å². The maximum atomic E-state index is 12.1. The van der Waals surface area contributed by atoms with E-state index in [1.165, 1.54) is 36.8 Å². The fourth-order valence-electron chi connectivity index (χ4n) is 3.11. The van der Waals surface area contributed by atoms with E-state index in [1.54, 1.807) is 0 Å². The minimum Gasteiger partial charge on any atom is -0.352 e. The second kappa shape index (κ2) is 7.95. The molecule has 1 aliphatic carbocycles. The Balaban J connectivity index is 1.83. The largest absolute Gasteiger partial charge is 0.352 e. The van der Waals surface area contributed by atoms with Crippen molar-refractivity contribution in [3.63, 3.8) is 0 Å². The smallest absolute Gasteiger partial charge is 0.220 e. The monoisotopic (exact) mass is 352 g/mol. The molecule has 1 aromatic rings. The topological polar surface area (TPSA) is 55.1 Å². The zero-order chi connectivity index (χ0) is 15.2. The average Bonchev–Trinajstić information content (AvgIpc) is 2.98. The van der Waals surface area contributed by atoms with Crippen molar-refractivity contribution in [2.75, 3.05) is 6.54 Å². The van der Waals surface area contributed by atoms with Crippen LogP contribution in [-0.2, 0) is 11.2 Å². The van der Waals surface area contributed by atoms with Gasteiger partial charge in [-0.25, -0.2) is 0 Å². The van der Waals surface area contributed by atoms with Gasteiger partial charge in [0.25, 0.3) is 0 Å². The summed E-state index contributed by atoms with van der Waals surface area (Å²) in [5.74, 6) is 0.690. The van der Waals surface area contributed by atoms with E-state index in [2.05, 4.69) is 46.4 Å². The van der Waals surface area contributed by atoms with E-state index in [0.717, 1.165) is 10.9 Å². The third kappa shape index (κ3) is 4.82. The molecule has 0 spiro atoms. The lowest BCUT2D eigenvalue weighted by atomic mass is 9.98. The van der Waals surface area contributed by atoms with Crippen molar-refractivity contribution in [2.45, 2.75) is 51.5 Å². The number of rotatable bonds is 6. The minimum atomic E-state index is 0.116. The lowest BCUT2D eigenvalue weighted by Gasteiger charge is -2.23. The molecule has 0 radical (unpaired) electrons. The summed E-state index contributed by atoms with van der Waals surface area (Å²) in [6, 6.07) is 6.42. The lowest BCUT2D eigenvalue weighted by molar-refractivity contribution is -0.122. The van der Waals surface area contributed by atoms with Crippen molar-refractivity contribution in [2.24, 2.45) is 11.7 Å². The molecule has 0 bridgehead atoms. The molecule has 1 aromatic carbocycles. The van der Waals surface area contributed by atoms with Crippen LogP contribution in [0.4, 0.5) is 0 Å². The molecular formula is C17H25BrN2O. The maximum Gasteiger partial charge on any atom is 0.220 e. The Labute approximate surface area is 135 Å². The molecular weight excluding hydrogens is 328 g/mol. The van der Waals surface area contributed by atoms with Gasteiger partial charge in [0.15, 0.2) is 0 Å². The van der Waals surface area contributed by atoms with Crippen LogP contribution in [0.3, 0.4) is 0 Å². The summed E-state index contributed by atoms with van der Waals surface area (Å²) in [5, 5.41) is 3.13. The van der Waals surface area contributed by atoms with Gasteiger partial charge in [0.1, 0.15) is 0 Å². The highest BCUT2D eigenvalue weighted by atomic mass is 79.9. The van der Waals surface area contributed by atoms with Gasteiger partial charge in [-0.3, -0.25) is 4.79 Å². The van der Waals surface area contributed by atoms with Gasteiger partial charge in [-0.1, -0.05) is 40.9 Å². The molecule has 3 nitrogen and oxygen atoms in total. The van der Waals surface area contributed by atoms with Crippen molar-refractivity contribution in [1.82, 2.24) is 5.32 Å². The normalized spacial score (nSPS) is 16.9. The number of nitrogens with one attached hydrogen (secondary N) is 1. The number of aryl methyl sites for hydroxylation is 2. The predicted molar refractivity (Wildman–Crippen MR) is 90.1 cm³/mol. The summed E-state index contributed by atoms with van der Waals surface area (Å²) in [6.45, 7) is 2.61. The Morgan fingerprint density at radius 3 is 2.76 bits per heavy atom. The zero-order valence-electron chi connectivity index (χ0n) is 12.7. The number of amides is 1. The van der Waals surface area contributed by atoms with Gasteiger partial charge in [-0.15, -0.1) is 0 Å². The summed E-state index contributed by atoms with van der Waals surface area (Å²) >= 11 is 3.56. The van der Waals surface area contributed by atoms with E-state index < -0.39 is 0 Å². The first-order valence-corrected chi connectivity index (χ1v) is 8.64. The third-order valence-corrected chi connectivity index (χ3v) is 5.14. The van der Waals surface area contributed by atoms with Crippen molar-refractivity contribution >= 4 is 21.8 Å². The summed E-state index contributed by atoms with van der Waals surface area (Å²) in [5.41, 5.74) is 8.23. The molecule has 0 heterocycles. The summed E-state index contributed by atoms with van der Waals surface area (Å²) < 4.78 is 1.08. The molecule has 1 amide bonds. The van der Waals surface area contributed by atoms with Crippen LogP contribution in [0.2, 0.25) is 0 Å². The highest BCUT2D eigenvalue weighted by Gasteiger charge is 2.25. The Kier molecular flexibility index (Phi) is 6.24. The van der Waals surface area contributed by atoms with Crippen LogP contribution in [0.15, 0.2) is 22.7 Å². The number of halogens is 1. The first-order valence-electron chi connectivity index (χ1n) is 7.84. The second-order valence-corrected chi connectivity index (χ2v) is 6.90. The SMILES string of the molecule is Cc1ccc(CCC(=O)NC(CN)C2CCCC2)c(Br)c1. The Bertz CT molecular complexity index is 484. The quantitative estimate of drug-likeness (QED) is 0.824. The fourth-order valence-corrected chi connectivity index (χ4v) is 3.80. The highest BCUT2D eigenvalue weighted by molar-refractivity contribution is 9.10. The molecule has 4 heteroatoms. The van der Waals surface area contributed by atoms with Crippen molar-refractivity contribution in [3.05, 3.63) is 33.8 Å². The van der Waals surface area contributed by atoms with Crippen molar-refractivity contribution in [3.8, 4) is 0 Å². The van der Waals surface area contributed by atoms with Crippen LogP contribution < -0.4 is 11.1 Å². The average molecular weight is 353 g/mol. The van der Waals surface area contributed by atoms with Gasteiger partial charge in [0.2, 0.25) is 5.91 Å².